The van der Waals surface area contributed by atoms with Gasteiger partial charge in [0.2, 0.25) is 0 Å². The van der Waals surface area contributed by atoms with Crippen LogP contribution in [0.25, 0.3) is 53.3 Å². The molecule has 0 aliphatic heterocycles. The normalized spacial score (nSPS) is 13.3. The zero-order valence-corrected chi connectivity index (χ0v) is 36.1. The van der Waals surface area contributed by atoms with E-state index in [0.29, 0.717) is 36.3 Å². The molecule has 0 amide bonds. The van der Waals surface area contributed by atoms with Crippen LogP contribution in [0.5, 0.6) is 0 Å². The van der Waals surface area contributed by atoms with Gasteiger partial charge in [-0.2, -0.15) is 0 Å². The van der Waals surface area contributed by atoms with Crippen molar-refractivity contribution < 1.29 is 5.11 Å². The van der Waals surface area contributed by atoms with Crippen molar-refractivity contribution in [3.05, 3.63) is 152 Å². The second-order valence-electron chi connectivity index (χ2n) is 16.2. The van der Waals surface area contributed by atoms with Gasteiger partial charge in [0.25, 0.3) is 0 Å². The minimum atomic E-state index is -0.0166. The number of nitrogens with one attached hydrogen (secondary N) is 1. The summed E-state index contributed by atoms with van der Waals surface area (Å²) in [5.41, 5.74) is 8.92. The van der Waals surface area contributed by atoms with Crippen LogP contribution in [0.1, 0.15) is 99.3 Å². The first-order valence-corrected chi connectivity index (χ1v) is 22.2. The van der Waals surface area contributed by atoms with Gasteiger partial charge in [-0.3, -0.25) is 33.6 Å². The highest BCUT2D eigenvalue weighted by molar-refractivity contribution is 6.17. The van der Waals surface area contributed by atoms with Crippen molar-refractivity contribution in [2.45, 2.75) is 102 Å². The highest BCUT2D eigenvalue weighted by atomic mass is 35.5. The molecule has 2 aliphatic rings. The van der Waals surface area contributed by atoms with E-state index in [2.05, 4.69) is 36.5 Å². The smallest absolute Gasteiger partial charge is 0.329 e. The quantitative estimate of drug-likeness (QED) is 0.0667. The monoisotopic (exact) mass is 860 g/mol. The van der Waals surface area contributed by atoms with E-state index < -0.39 is 0 Å². The molecule has 320 valence electrons. The molecule has 0 atom stereocenters. The number of alkyl halides is 1. The van der Waals surface area contributed by atoms with Gasteiger partial charge in [0, 0.05) is 43.5 Å². The van der Waals surface area contributed by atoms with Crippen molar-refractivity contribution in [2.75, 3.05) is 6.61 Å². The third kappa shape index (κ3) is 9.41. The first-order chi connectivity index (χ1) is 30.9. The van der Waals surface area contributed by atoms with Gasteiger partial charge < -0.3 is 10.1 Å². The Labute approximate surface area is 369 Å². The van der Waals surface area contributed by atoms with Gasteiger partial charge >= 0.3 is 11.4 Å². The second kappa shape index (κ2) is 19.6. The molecule has 10 rings (SSSR count). The second-order valence-corrected chi connectivity index (χ2v) is 16.4. The number of pyridine rings is 4. The first kappa shape index (κ1) is 43.0. The zero-order chi connectivity index (χ0) is 43.9. The molecule has 0 spiro atoms. The van der Waals surface area contributed by atoms with E-state index in [1.165, 1.54) is 23.8 Å². The standard InChI is InChI=1S/C24H23N5O2.C16H17ClN2.C9H9N3O/c1-25-17-5-8-19-16(12-17)13-27-21(20(19)4-2-3-11-30)15-28-23-14-26-10-9-22(23)29(24(28)31)18-6-7-18;1-3-4-5-6-15-14-8-7-13(18-2)9-12(14)11-19-16(15)10-17;13-9-11-7-5-10-4-3-8(7)12(9)6-1-2-6/h5,8-10,12-14,18,30H,2-4,6-7,11,15H2;7-9,11H,3-6,10H2,1H3;3-6H,1-2H2,(H,11,13). The summed E-state index contributed by atoms with van der Waals surface area (Å²) in [4.78, 5) is 52.0. The summed E-state index contributed by atoms with van der Waals surface area (Å²) in [5.74, 6) is 0.446. The van der Waals surface area contributed by atoms with Gasteiger partial charge in [0.05, 0.1) is 71.4 Å². The summed E-state index contributed by atoms with van der Waals surface area (Å²) in [5, 5.41) is 13.4. The molecule has 0 unspecified atom stereocenters. The van der Waals surface area contributed by atoms with Crippen molar-refractivity contribution in [1.82, 2.24) is 38.6 Å². The molecule has 6 aromatic heterocycles. The van der Waals surface area contributed by atoms with E-state index >= 15 is 0 Å². The average molecular weight is 861 g/mol. The van der Waals surface area contributed by atoms with Gasteiger partial charge in [0.15, 0.2) is 11.4 Å². The molecule has 14 heteroatoms. The number of aromatic amines is 1. The summed E-state index contributed by atoms with van der Waals surface area (Å²) in [6.45, 7) is 17.1. The van der Waals surface area contributed by atoms with Crippen LogP contribution in [-0.2, 0) is 25.3 Å². The predicted molar refractivity (Wildman–Crippen MR) is 249 cm³/mol. The fraction of sp³-hybridized carbons (Fsp3) is 0.347. The van der Waals surface area contributed by atoms with Crippen LogP contribution in [0.3, 0.4) is 0 Å². The molecule has 2 aliphatic carbocycles. The third-order valence-electron chi connectivity index (χ3n) is 11.8. The molecule has 8 aromatic rings. The van der Waals surface area contributed by atoms with Crippen molar-refractivity contribution in [2.24, 2.45) is 0 Å². The molecule has 63 heavy (non-hydrogen) atoms. The van der Waals surface area contributed by atoms with E-state index in [0.717, 1.165) is 107 Å². The molecule has 2 fully saturated rings. The van der Waals surface area contributed by atoms with Crippen LogP contribution in [0.15, 0.2) is 95.3 Å². The molecule has 0 radical (unpaired) electrons. The Hall–Kier alpha value is -6.67. The molecule has 0 saturated heterocycles. The number of unbranched alkanes of at least 4 members (excludes halogenated alkanes) is 3. The minimum Gasteiger partial charge on any atom is -0.396 e. The summed E-state index contributed by atoms with van der Waals surface area (Å²) >= 11 is 5.99. The van der Waals surface area contributed by atoms with Crippen LogP contribution >= 0.6 is 11.6 Å². The van der Waals surface area contributed by atoms with Crippen LogP contribution in [0.4, 0.5) is 11.4 Å². The number of hydrogen-bond donors (Lipinski definition) is 2. The Kier molecular flexibility index (Phi) is 13.4. The lowest BCUT2D eigenvalue weighted by atomic mass is 9.99. The van der Waals surface area contributed by atoms with Gasteiger partial charge in [-0.05, 0) is 115 Å². The summed E-state index contributed by atoms with van der Waals surface area (Å²) in [6.07, 6.45) is 21.7. The molecule has 0 bridgehead atoms. The third-order valence-corrected chi connectivity index (χ3v) is 12.1. The molecule has 2 saturated carbocycles. The van der Waals surface area contributed by atoms with Crippen molar-refractivity contribution in [3.8, 4) is 0 Å². The summed E-state index contributed by atoms with van der Waals surface area (Å²) in [6, 6.07) is 15.9. The van der Waals surface area contributed by atoms with Crippen molar-refractivity contribution in [1.29, 1.82) is 0 Å². The number of aryl methyl sites for hydroxylation is 2. The number of nitrogens with zero attached hydrogens (tertiary/aromatic N) is 9. The zero-order valence-electron chi connectivity index (χ0n) is 35.3. The Balaban J connectivity index is 0.000000144. The van der Waals surface area contributed by atoms with Crippen LogP contribution in [-0.4, -0.2) is 50.3 Å². The van der Waals surface area contributed by atoms with Crippen LogP contribution in [0.2, 0.25) is 0 Å². The number of benzene rings is 2. The molecule has 2 aromatic carbocycles. The lowest BCUT2D eigenvalue weighted by Gasteiger charge is -2.13. The topological polar surface area (TPSA) is 145 Å². The maximum atomic E-state index is 13.3. The number of halogens is 1. The molecular formula is C49H49ClN10O3. The van der Waals surface area contributed by atoms with Crippen molar-refractivity contribution in [3.63, 3.8) is 0 Å². The number of aliphatic hydroxyl groups excluding tert-OH is 1. The lowest BCUT2D eigenvalue weighted by molar-refractivity contribution is 0.284. The fourth-order valence-corrected chi connectivity index (χ4v) is 8.56. The average Bonchev–Trinajstić information content (AvgIpc) is 4.27. The Bertz CT molecular complexity index is 3130. The number of aliphatic hydroxyl groups is 1. The summed E-state index contributed by atoms with van der Waals surface area (Å²) < 4.78 is 5.50. The number of aromatic nitrogens is 8. The van der Waals surface area contributed by atoms with Gasteiger partial charge in [-0.15, -0.1) is 11.6 Å². The SMILES string of the molecule is O=c1[nH]c2cnccc2n1C1CC1.[C-]#[N+]c1ccc2c(CCCCC)c(CCl)ncc2c1.[C-]#[N+]c1ccc2c(CCCCO)c(Cn3c(=O)n(C4CC4)c4ccncc43)ncc2c1. The molecule has 6 heterocycles. The predicted octanol–water partition coefficient (Wildman–Crippen LogP) is 10.3. The number of rotatable bonds is 13. The molecule has 2 N–H and O–H groups in total. The molecular weight excluding hydrogens is 812 g/mol. The van der Waals surface area contributed by atoms with Gasteiger partial charge in [-0.25, -0.2) is 19.3 Å². The van der Waals surface area contributed by atoms with Crippen molar-refractivity contribution >= 4 is 66.6 Å². The number of imidazole rings is 2. The number of hydrogen-bond acceptors (Lipinski definition) is 7. The van der Waals surface area contributed by atoms with E-state index in [9.17, 15) is 14.7 Å². The van der Waals surface area contributed by atoms with Gasteiger partial charge in [0.1, 0.15) is 0 Å². The maximum absolute atomic E-state index is 13.3. The lowest BCUT2D eigenvalue weighted by Crippen LogP contribution is -2.25. The van der Waals surface area contributed by atoms with Crippen LogP contribution < -0.4 is 11.4 Å². The van der Waals surface area contributed by atoms with E-state index in [1.54, 1.807) is 35.6 Å². The fourth-order valence-electron chi connectivity index (χ4n) is 8.33. The highest BCUT2D eigenvalue weighted by Crippen LogP contribution is 2.37. The van der Waals surface area contributed by atoms with Gasteiger partial charge in [-0.1, -0.05) is 44.0 Å². The largest absolute Gasteiger partial charge is 0.396 e. The maximum Gasteiger partial charge on any atom is 0.329 e. The van der Waals surface area contributed by atoms with Crippen LogP contribution in [0, 0.1) is 13.1 Å². The Morgan fingerprint density at radius 1 is 0.730 bits per heavy atom. The first-order valence-electron chi connectivity index (χ1n) is 21.7. The van der Waals surface area contributed by atoms with E-state index in [1.807, 2.05) is 63.9 Å². The minimum absolute atomic E-state index is 0.00880. The van der Waals surface area contributed by atoms with E-state index in [4.69, 9.17) is 29.7 Å². The van der Waals surface area contributed by atoms with E-state index in [-0.39, 0.29) is 24.0 Å². The Morgan fingerprint density at radius 2 is 1.32 bits per heavy atom. The summed E-state index contributed by atoms with van der Waals surface area (Å²) in [7, 11) is 0. The molecule has 13 nitrogen and oxygen atoms in total. The Morgan fingerprint density at radius 3 is 1.92 bits per heavy atom. The number of fused-ring (bicyclic) bond motifs is 4. The highest BCUT2D eigenvalue weighted by Gasteiger charge is 2.29. The number of H-pyrrole nitrogens is 1.